The maximum absolute atomic E-state index is 13.3. The highest BCUT2D eigenvalue weighted by Crippen LogP contribution is 2.19. The van der Waals surface area contributed by atoms with Crippen molar-refractivity contribution in [1.29, 1.82) is 0 Å². The van der Waals surface area contributed by atoms with E-state index in [2.05, 4.69) is 4.98 Å². The monoisotopic (exact) mass is 427 g/mol. The van der Waals surface area contributed by atoms with Crippen LogP contribution < -0.4 is 0 Å². The number of sulfone groups is 1. The second-order valence-corrected chi connectivity index (χ2v) is 9.22. The zero-order chi connectivity index (χ0) is 21.1. The Morgan fingerprint density at radius 2 is 1.63 bits per heavy atom. The fourth-order valence-corrected chi connectivity index (χ4v) is 3.98. The van der Waals surface area contributed by atoms with Crippen LogP contribution in [0.3, 0.4) is 0 Å². The minimum atomic E-state index is -3.32. The van der Waals surface area contributed by atoms with Crippen molar-refractivity contribution < 1.29 is 22.0 Å². The topological polar surface area (TPSA) is 98.5 Å². The summed E-state index contributed by atoms with van der Waals surface area (Å²) < 4.78 is 36.3. The van der Waals surface area contributed by atoms with Crippen LogP contribution in [0.15, 0.2) is 69.9 Å². The number of furan rings is 2. The highest BCUT2D eigenvalue weighted by Gasteiger charge is 2.22. The average molecular weight is 427 g/mol. The standard InChI is InChI=1S/C21H21N3O5S/c1-30(26,27)15-20-22-18-8-2-3-9-19(18)24(20)14-21(25)23(12-16-6-4-10-28-16)13-17-7-5-11-29-17/h2-11H,12-15H2,1H3. The quantitative estimate of drug-likeness (QED) is 0.429. The molecule has 8 nitrogen and oxygen atoms in total. The molecule has 3 heterocycles. The average Bonchev–Trinajstić information content (AvgIpc) is 3.43. The molecule has 9 heteroatoms. The number of aromatic nitrogens is 2. The summed E-state index contributed by atoms with van der Waals surface area (Å²) in [5.74, 6) is 1.16. The Hall–Kier alpha value is -3.33. The molecule has 30 heavy (non-hydrogen) atoms. The van der Waals surface area contributed by atoms with Crippen molar-refractivity contribution in [3.05, 3.63) is 78.4 Å². The Labute approximate surface area is 173 Å². The zero-order valence-electron chi connectivity index (χ0n) is 16.4. The molecule has 4 rings (SSSR count). The molecule has 0 fully saturated rings. The smallest absolute Gasteiger partial charge is 0.243 e. The van der Waals surface area contributed by atoms with E-state index in [1.165, 1.54) is 0 Å². The zero-order valence-corrected chi connectivity index (χ0v) is 17.2. The third-order valence-electron chi connectivity index (χ3n) is 4.62. The predicted octanol–water partition coefficient (Wildman–Crippen LogP) is 3.00. The first-order valence-corrected chi connectivity index (χ1v) is 11.4. The molecule has 1 aromatic carbocycles. The van der Waals surface area contributed by atoms with Gasteiger partial charge in [-0.1, -0.05) is 12.1 Å². The molecule has 0 aliphatic carbocycles. The van der Waals surface area contributed by atoms with Gasteiger partial charge in [0.1, 0.15) is 29.6 Å². The summed E-state index contributed by atoms with van der Waals surface area (Å²) >= 11 is 0. The minimum absolute atomic E-state index is 0.0488. The van der Waals surface area contributed by atoms with Crippen molar-refractivity contribution >= 4 is 26.8 Å². The van der Waals surface area contributed by atoms with E-state index in [9.17, 15) is 13.2 Å². The van der Waals surface area contributed by atoms with Crippen LogP contribution in [0.2, 0.25) is 0 Å². The molecule has 0 N–H and O–H groups in total. The SMILES string of the molecule is CS(=O)(=O)Cc1nc2ccccc2n1CC(=O)N(Cc1ccco1)Cc1ccco1. The number of amides is 1. The number of carbonyl (C=O) groups is 1. The van der Waals surface area contributed by atoms with Crippen molar-refractivity contribution in [2.75, 3.05) is 6.26 Å². The Bertz CT molecular complexity index is 1210. The number of hydrogen-bond acceptors (Lipinski definition) is 6. The summed E-state index contributed by atoms with van der Waals surface area (Å²) in [7, 11) is -3.32. The molecule has 0 saturated heterocycles. The first-order chi connectivity index (χ1) is 14.4. The van der Waals surface area contributed by atoms with Crippen molar-refractivity contribution in [2.24, 2.45) is 0 Å². The van der Waals surface area contributed by atoms with E-state index in [1.807, 2.05) is 18.2 Å². The molecule has 0 spiro atoms. The molecule has 156 valence electrons. The largest absolute Gasteiger partial charge is 0.467 e. The van der Waals surface area contributed by atoms with E-state index >= 15 is 0 Å². The molecule has 0 bridgehead atoms. The third kappa shape index (κ3) is 4.62. The number of nitrogens with zero attached hydrogens (tertiary/aromatic N) is 3. The van der Waals surface area contributed by atoms with Gasteiger partial charge in [0.25, 0.3) is 0 Å². The van der Waals surface area contributed by atoms with Gasteiger partial charge >= 0.3 is 0 Å². The summed E-state index contributed by atoms with van der Waals surface area (Å²) in [6.07, 6.45) is 4.26. The summed E-state index contributed by atoms with van der Waals surface area (Å²) in [4.78, 5) is 19.3. The number of rotatable bonds is 8. The van der Waals surface area contributed by atoms with Gasteiger partial charge in [-0.3, -0.25) is 4.79 Å². The van der Waals surface area contributed by atoms with E-state index < -0.39 is 9.84 Å². The molecule has 3 aromatic heterocycles. The number of fused-ring (bicyclic) bond motifs is 1. The third-order valence-corrected chi connectivity index (χ3v) is 5.41. The molecule has 0 unspecified atom stereocenters. The normalized spacial score (nSPS) is 11.8. The number of carbonyl (C=O) groups excluding carboxylic acids is 1. The fourth-order valence-electron chi connectivity index (χ4n) is 3.30. The van der Waals surface area contributed by atoms with Crippen LogP contribution in [0.25, 0.3) is 11.0 Å². The van der Waals surface area contributed by atoms with Gasteiger partial charge in [0.05, 0.1) is 36.6 Å². The van der Waals surface area contributed by atoms with Crippen LogP contribution in [0.5, 0.6) is 0 Å². The maximum Gasteiger partial charge on any atom is 0.243 e. The molecule has 0 saturated carbocycles. The van der Waals surface area contributed by atoms with Crippen molar-refractivity contribution in [1.82, 2.24) is 14.5 Å². The minimum Gasteiger partial charge on any atom is -0.467 e. The number of para-hydroxylation sites is 2. The first kappa shape index (κ1) is 20.0. The molecule has 4 aromatic rings. The number of imidazole rings is 1. The Kier molecular flexibility index (Phi) is 5.45. The molecular formula is C21H21N3O5S. The summed E-state index contributed by atoms with van der Waals surface area (Å²) in [5, 5.41) is 0. The Balaban J connectivity index is 1.65. The van der Waals surface area contributed by atoms with E-state index in [1.54, 1.807) is 52.3 Å². The van der Waals surface area contributed by atoms with Crippen molar-refractivity contribution in [2.45, 2.75) is 25.4 Å². The van der Waals surface area contributed by atoms with Crippen LogP contribution in [0.4, 0.5) is 0 Å². The van der Waals surface area contributed by atoms with Gasteiger partial charge in [0.15, 0.2) is 9.84 Å². The highest BCUT2D eigenvalue weighted by molar-refractivity contribution is 7.89. The van der Waals surface area contributed by atoms with Gasteiger partial charge in [-0.2, -0.15) is 0 Å². The lowest BCUT2D eigenvalue weighted by Crippen LogP contribution is -2.33. The van der Waals surface area contributed by atoms with Crippen LogP contribution >= 0.6 is 0 Å². The van der Waals surface area contributed by atoms with E-state index in [4.69, 9.17) is 8.83 Å². The van der Waals surface area contributed by atoms with E-state index in [0.717, 1.165) is 6.26 Å². The summed E-state index contributed by atoms with van der Waals surface area (Å²) in [6, 6.07) is 14.4. The van der Waals surface area contributed by atoms with Gasteiger partial charge in [-0.05, 0) is 36.4 Å². The lowest BCUT2D eigenvalue weighted by Gasteiger charge is -2.21. The molecule has 0 atom stereocenters. The second kappa shape index (κ2) is 8.19. The fraction of sp³-hybridized carbons (Fsp3) is 0.238. The van der Waals surface area contributed by atoms with Crippen molar-refractivity contribution in [3.63, 3.8) is 0 Å². The van der Waals surface area contributed by atoms with E-state index in [-0.39, 0.29) is 31.3 Å². The summed E-state index contributed by atoms with van der Waals surface area (Å²) in [6.45, 7) is 0.480. The molecule has 0 aliphatic rings. The summed E-state index contributed by atoms with van der Waals surface area (Å²) in [5.41, 5.74) is 1.35. The lowest BCUT2D eigenvalue weighted by molar-refractivity contribution is -0.133. The van der Waals surface area contributed by atoms with E-state index in [0.29, 0.717) is 28.4 Å². The van der Waals surface area contributed by atoms with Crippen LogP contribution in [-0.4, -0.2) is 35.0 Å². The molecular weight excluding hydrogens is 406 g/mol. The number of hydrogen-bond donors (Lipinski definition) is 0. The lowest BCUT2D eigenvalue weighted by atomic mass is 10.3. The van der Waals surface area contributed by atoms with Gasteiger partial charge in [0, 0.05) is 6.26 Å². The van der Waals surface area contributed by atoms with Gasteiger partial charge in [-0.25, -0.2) is 13.4 Å². The molecule has 0 aliphatic heterocycles. The Morgan fingerprint density at radius 3 is 2.20 bits per heavy atom. The van der Waals surface area contributed by atoms with Crippen LogP contribution in [0, 0.1) is 0 Å². The maximum atomic E-state index is 13.3. The second-order valence-electron chi connectivity index (χ2n) is 7.08. The number of benzene rings is 1. The first-order valence-electron chi connectivity index (χ1n) is 9.33. The predicted molar refractivity (Wildman–Crippen MR) is 110 cm³/mol. The highest BCUT2D eigenvalue weighted by atomic mass is 32.2. The van der Waals surface area contributed by atoms with Gasteiger partial charge in [0.2, 0.25) is 5.91 Å². The van der Waals surface area contributed by atoms with Gasteiger partial charge < -0.3 is 18.3 Å². The Morgan fingerprint density at radius 1 is 1.00 bits per heavy atom. The van der Waals surface area contributed by atoms with Crippen LogP contribution in [-0.2, 0) is 40.0 Å². The van der Waals surface area contributed by atoms with Gasteiger partial charge in [-0.15, -0.1) is 0 Å². The molecule has 1 amide bonds. The molecule has 0 radical (unpaired) electrons. The van der Waals surface area contributed by atoms with Crippen LogP contribution in [0.1, 0.15) is 17.3 Å². The van der Waals surface area contributed by atoms with Crippen molar-refractivity contribution in [3.8, 4) is 0 Å².